The second-order valence-electron chi connectivity index (χ2n) is 5.09. The maximum absolute atomic E-state index is 12.0. The van der Waals surface area contributed by atoms with Crippen LogP contribution in [0.25, 0.3) is 21.3 Å². The normalized spacial score (nSPS) is 11.4. The molecule has 0 bridgehead atoms. The van der Waals surface area contributed by atoms with E-state index in [1.54, 1.807) is 0 Å². The maximum Gasteiger partial charge on any atom is 0.268 e. The number of nitrogens with zero attached hydrogens (tertiary/aromatic N) is 2. The SMILES string of the molecule is CCOc1ccc2nc(SCc3nc4ccsc4c(=O)[nH]3)[nH]c2c1. The number of hydrogen-bond acceptors (Lipinski definition) is 6. The van der Waals surface area contributed by atoms with Crippen LogP contribution in [0.5, 0.6) is 5.75 Å². The lowest BCUT2D eigenvalue weighted by Gasteiger charge is -2.00. The highest BCUT2D eigenvalue weighted by Crippen LogP contribution is 2.25. The third-order valence-corrected chi connectivity index (χ3v) is 5.24. The van der Waals surface area contributed by atoms with Gasteiger partial charge in [0.05, 0.1) is 28.9 Å². The van der Waals surface area contributed by atoms with Crippen LogP contribution in [0.4, 0.5) is 0 Å². The summed E-state index contributed by atoms with van der Waals surface area (Å²) in [5.74, 6) is 2.00. The molecule has 4 rings (SSSR count). The molecule has 0 spiro atoms. The maximum atomic E-state index is 12.0. The van der Waals surface area contributed by atoms with E-state index in [1.165, 1.54) is 23.1 Å². The molecule has 122 valence electrons. The number of hydrogen-bond donors (Lipinski definition) is 2. The molecule has 0 atom stereocenters. The van der Waals surface area contributed by atoms with Crippen molar-refractivity contribution in [2.75, 3.05) is 6.61 Å². The number of rotatable bonds is 5. The first-order valence-corrected chi connectivity index (χ1v) is 9.31. The van der Waals surface area contributed by atoms with Crippen molar-refractivity contribution in [3.8, 4) is 5.75 Å². The number of H-pyrrole nitrogens is 2. The fourth-order valence-electron chi connectivity index (χ4n) is 2.42. The van der Waals surface area contributed by atoms with Crippen LogP contribution < -0.4 is 10.3 Å². The standard InChI is InChI=1S/C16H14N4O2S2/c1-2-22-9-3-4-10-12(7-9)19-16(18-10)24-8-13-17-11-5-6-23-14(11)15(21)20-13/h3-7H,2,8H2,1H3,(H,18,19)(H,17,20,21). The van der Waals surface area contributed by atoms with E-state index in [0.717, 1.165) is 27.5 Å². The molecule has 24 heavy (non-hydrogen) atoms. The highest BCUT2D eigenvalue weighted by atomic mass is 32.2. The zero-order valence-corrected chi connectivity index (χ0v) is 14.5. The average molecular weight is 358 g/mol. The van der Waals surface area contributed by atoms with E-state index >= 15 is 0 Å². The van der Waals surface area contributed by atoms with Gasteiger partial charge in [-0.3, -0.25) is 4.79 Å². The average Bonchev–Trinajstić information content (AvgIpc) is 3.19. The first kappa shape index (κ1) is 15.2. The lowest BCUT2D eigenvalue weighted by atomic mass is 10.3. The Labute approximate surface area is 145 Å². The van der Waals surface area contributed by atoms with E-state index in [0.29, 0.717) is 22.9 Å². The summed E-state index contributed by atoms with van der Waals surface area (Å²) in [5.41, 5.74) is 2.47. The molecule has 0 amide bonds. The van der Waals surface area contributed by atoms with Gasteiger partial charge in [0.25, 0.3) is 5.56 Å². The lowest BCUT2D eigenvalue weighted by molar-refractivity contribution is 0.340. The third kappa shape index (κ3) is 2.90. The third-order valence-electron chi connectivity index (χ3n) is 3.45. The van der Waals surface area contributed by atoms with Gasteiger partial charge < -0.3 is 14.7 Å². The molecule has 0 unspecified atom stereocenters. The summed E-state index contributed by atoms with van der Waals surface area (Å²) in [5, 5.41) is 2.66. The molecule has 3 aromatic heterocycles. The summed E-state index contributed by atoms with van der Waals surface area (Å²) < 4.78 is 6.16. The smallest absolute Gasteiger partial charge is 0.268 e. The number of aromatic amines is 2. The topological polar surface area (TPSA) is 83.7 Å². The number of ether oxygens (including phenoxy) is 1. The minimum absolute atomic E-state index is 0.0865. The number of thiophene rings is 1. The molecule has 0 aliphatic rings. The van der Waals surface area contributed by atoms with E-state index in [-0.39, 0.29) is 5.56 Å². The van der Waals surface area contributed by atoms with Gasteiger partial charge in [-0.25, -0.2) is 9.97 Å². The van der Waals surface area contributed by atoms with Gasteiger partial charge in [0, 0.05) is 6.07 Å². The van der Waals surface area contributed by atoms with Crippen LogP contribution in [0.1, 0.15) is 12.7 Å². The molecule has 3 heterocycles. The van der Waals surface area contributed by atoms with E-state index in [1.807, 2.05) is 36.6 Å². The van der Waals surface area contributed by atoms with Gasteiger partial charge >= 0.3 is 0 Å². The number of nitrogens with one attached hydrogen (secondary N) is 2. The number of imidazole rings is 1. The molecule has 0 radical (unpaired) electrons. The summed E-state index contributed by atoms with van der Waals surface area (Å²) in [6, 6.07) is 7.64. The Morgan fingerprint density at radius 3 is 3.00 bits per heavy atom. The molecule has 0 fully saturated rings. The quantitative estimate of drug-likeness (QED) is 0.533. The zero-order valence-electron chi connectivity index (χ0n) is 12.8. The highest BCUT2D eigenvalue weighted by molar-refractivity contribution is 7.98. The van der Waals surface area contributed by atoms with Gasteiger partial charge in [-0.2, -0.15) is 0 Å². The molecule has 8 heteroatoms. The number of thioether (sulfide) groups is 1. The summed E-state index contributed by atoms with van der Waals surface area (Å²) in [6.07, 6.45) is 0. The van der Waals surface area contributed by atoms with E-state index in [4.69, 9.17) is 4.74 Å². The number of fused-ring (bicyclic) bond motifs is 2. The van der Waals surface area contributed by atoms with E-state index < -0.39 is 0 Å². The van der Waals surface area contributed by atoms with Gasteiger partial charge in [0.15, 0.2) is 5.16 Å². The fourth-order valence-corrected chi connectivity index (χ4v) is 3.90. The molecular weight excluding hydrogens is 344 g/mol. The van der Waals surface area contributed by atoms with Crippen molar-refractivity contribution in [1.82, 2.24) is 19.9 Å². The summed E-state index contributed by atoms with van der Waals surface area (Å²) >= 11 is 2.90. The van der Waals surface area contributed by atoms with Crippen molar-refractivity contribution in [3.63, 3.8) is 0 Å². The molecule has 0 aliphatic heterocycles. The van der Waals surface area contributed by atoms with Gasteiger partial charge in [-0.1, -0.05) is 11.8 Å². The van der Waals surface area contributed by atoms with Crippen molar-refractivity contribution in [2.45, 2.75) is 17.8 Å². The Bertz CT molecular complexity index is 1070. The van der Waals surface area contributed by atoms with Crippen LogP contribution in [-0.2, 0) is 5.75 Å². The number of benzene rings is 1. The van der Waals surface area contributed by atoms with Crippen LogP contribution in [-0.4, -0.2) is 26.5 Å². The van der Waals surface area contributed by atoms with Crippen LogP contribution in [0.2, 0.25) is 0 Å². The summed E-state index contributed by atoms with van der Waals surface area (Å²) in [4.78, 5) is 27.1. The Morgan fingerprint density at radius 2 is 2.12 bits per heavy atom. The highest BCUT2D eigenvalue weighted by Gasteiger charge is 2.08. The molecular formula is C16H14N4O2S2. The monoisotopic (exact) mass is 358 g/mol. The van der Waals surface area contributed by atoms with Crippen LogP contribution in [0, 0.1) is 0 Å². The number of aromatic nitrogens is 4. The molecule has 1 aromatic carbocycles. The van der Waals surface area contributed by atoms with Crippen molar-refractivity contribution < 1.29 is 4.74 Å². The lowest BCUT2D eigenvalue weighted by Crippen LogP contribution is -2.09. The zero-order chi connectivity index (χ0) is 16.5. The fraction of sp³-hybridized carbons (Fsp3) is 0.188. The minimum Gasteiger partial charge on any atom is -0.494 e. The van der Waals surface area contributed by atoms with Gasteiger partial charge in [0.1, 0.15) is 16.3 Å². The van der Waals surface area contributed by atoms with Gasteiger partial charge in [-0.15, -0.1) is 11.3 Å². The predicted molar refractivity (Wildman–Crippen MR) is 97.1 cm³/mol. The van der Waals surface area contributed by atoms with Crippen molar-refractivity contribution >= 4 is 44.3 Å². The second-order valence-corrected chi connectivity index (χ2v) is 6.97. The van der Waals surface area contributed by atoms with E-state index in [2.05, 4.69) is 19.9 Å². The molecule has 0 aliphatic carbocycles. The Hall–Kier alpha value is -2.32. The molecule has 4 aromatic rings. The van der Waals surface area contributed by atoms with Crippen LogP contribution in [0.15, 0.2) is 39.6 Å². The van der Waals surface area contributed by atoms with Crippen molar-refractivity contribution in [3.05, 3.63) is 45.8 Å². The predicted octanol–water partition coefficient (Wildman–Crippen LogP) is 3.55. The van der Waals surface area contributed by atoms with E-state index in [9.17, 15) is 4.79 Å². The molecule has 0 saturated carbocycles. The Balaban J connectivity index is 1.56. The minimum atomic E-state index is -0.0865. The summed E-state index contributed by atoms with van der Waals surface area (Å²) in [6.45, 7) is 2.59. The van der Waals surface area contributed by atoms with Crippen LogP contribution in [0.3, 0.4) is 0 Å². The second kappa shape index (κ2) is 6.29. The van der Waals surface area contributed by atoms with Crippen molar-refractivity contribution in [2.24, 2.45) is 0 Å². The Morgan fingerprint density at radius 1 is 1.21 bits per heavy atom. The Kier molecular flexibility index (Phi) is 3.99. The largest absolute Gasteiger partial charge is 0.494 e. The molecule has 2 N–H and O–H groups in total. The van der Waals surface area contributed by atoms with Gasteiger partial charge in [-0.05, 0) is 30.5 Å². The summed E-state index contributed by atoms with van der Waals surface area (Å²) in [7, 11) is 0. The van der Waals surface area contributed by atoms with Crippen LogP contribution >= 0.6 is 23.1 Å². The first-order chi connectivity index (χ1) is 11.7. The molecule has 0 saturated heterocycles. The first-order valence-electron chi connectivity index (χ1n) is 7.44. The molecule has 6 nitrogen and oxygen atoms in total. The van der Waals surface area contributed by atoms with Gasteiger partial charge in [0.2, 0.25) is 0 Å². The van der Waals surface area contributed by atoms with Crippen molar-refractivity contribution in [1.29, 1.82) is 0 Å².